The van der Waals surface area contributed by atoms with Gasteiger partial charge in [0.05, 0.1) is 18.5 Å². The van der Waals surface area contributed by atoms with Crippen LogP contribution in [-0.4, -0.2) is 18.5 Å². The average molecular weight is 181 g/mol. The number of primary amides is 1. The summed E-state index contributed by atoms with van der Waals surface area (Å²) >= 11 is 0. The third-order valence-corrected chi connectivity index (χ3v) is 2.57. The fourth-order valence-corrected chi connectivity index (χ4v) is 1.89. The summed E-state index contributed by atoms with van der Waals surface area (Å²) in [4.78, 5) is 11.0. The number of hydrogen-bond donors (Lipinski definition) is 2. The van der Waals surface area contributed by atoms with Crippen molar-refractivity contribution in [2.75, 3.05) is 6.54 Å². The lowest BCUT2D eigenvalue weighted by molar-refractivity contribution is -0.123. The molecule has 4 heteroatoms. The van der Waals surface area contributed by atoms with Gasteiger partial charge in [0.2, 0.25) is 5.91 Å². The molecule has 0 spiro atoms. The summed E-state index contributed by atoms with van der Waals surface area (Å²) in [5, 5.41) is 11.4. The van der Waals surface area contributed by atoms with Crippen molar-refractivity contribution in [3.05, 3.63) is 0 Å². The first-order chi connectivity index (χ1) is 6.25. The van der Waals surface area contributed by atoms with E-state index in [1.807, 2.05) is 6.07 Å². The van der Waals surface area contributed by atoms with Crippen LogP contribution in [0.5, 0.6) is 0 Å². The third-order valence-electron chi connectivity index (χ3n) is 2.57. The van der Waals surface area contributed by atoms with Crippen LogP contribution in [0.1, 0.15) is 25.7 Å². The quantitative estimate of drug-likeness (QED) is 0.608. The monoisotopic (exact) mass is 181 g/mol. The van der Waals surface area contributed by atoms with Gasteiger partial charge >= 0.3 is 0 Å². The minimum atomic E-state index is -0.241. The average Bonchev–Trinajstić information content (AvgIpc) is 2.15. The maximum absolute atomic E-state index is 11.0. The highest BCUT2D eigenvalue weighted by Gasteiger charge is 2.28. The number of carbonyl (C=O) groups excluding carboxylic acids is 1. The fraction of sp³-hybridized carbons (Fsp3) is 0.778. The van der Waals surface area contributed by atoms with Crippen molar-refractivity contribution in [3.63, 3.8) is 0 Å². The summed E-state index contributed by atoms with van der Waals surface area (Å²) in [6, 6.07) is 2.13. The summed E-state index contributed by atoms with van der Waals surface area (Å²) in [7, 11) is 0. The lowest BCUT2D eigenvalue weighted by atomic mass is 9.84. The van der Waals surface area contributed by atoms with Gasteiger partial charge in [0.1, 0.15) is 0 Å². The number of amides is 1. The van der Waals surface area contributed by atoms with Crippen LogP contribution in [0.4, 0.5) is 0 Å². The molecule has 13 heavy (non-hydrogen) atoms. The minimum absolute atomic E-state index is 0.0814. The minimum Gasteiger partial charge on any atom is -0.369 e. The van der Waals surface area contributed by atoms with Crippen LogP contribution < -0.4 is 11.1 Å². The maximum atomic E-state index is 11.0. The molecule has 2 unspecified atom stereocenters. The second kappa shape index (κ2) is 4.83. The summed E-state index contributed by atoms with van der Waals surface area (Å²) in [6.45, 7) is 0.300. The number of carbonyl (C=O) groups is 1. The Hall–Kier alpha value is -1.08. The molecule has 4 nitrogen and oxygen atoms in total. The van der Waals surface area contributed by atoms with Crippen LogP contribution in [0.2, 0.25) is 0 Å². The van der Waals surface area contributed by atoms with E-state index in [9.17, 15) is 4.79 Å². The van der Waals surface area contributed by atoms with Crippen LogP contribution in [0, 0.1) is 17.2 Å². The molecule has 3 N–H and O–H groups in total. The summed E-state index contributed by atoms with van der Waals surface area (Å²) in [6.07, 6.45) is 4.00. The number of nitrogens with two attached hydrogens (primary N) is 1. The van der Waals surface area contributed by atoms with E-state index < -0.39 is 0 Å². The number of nitrogens with zero attached hydrogens (tertiary/aromatic N) is 1. The Morgan fingerprint density at radius 1 is 1.54 bits per heavy atom. The predicted octanol–water partition coefficient (Wildman–Crippen LogP) is 0.144. The Kier molecular flexibility index (Phi) is 3.71. The van der Waals surface area contributed by atoms with Crippen molar-refractivity contribution in [2.24, 2.45) is 11.7 Å². The summed E-state index contributed by atoms with van der Waals surface area (Å²) < 4.78 is 0. The first kappa shape index (κ1) is 10.0. The fourth-order valence-electron chi connectivity index (χ4n) is 1.89. The molecule has 1 aliphatic rings. The molecule has 0 aromatic carbocycles. The Balaban J connectivity index is 2.47. The number of hydrogen-bond acceptors (Lipinski definition) is 3. The third kappa shape index (κ3) is 2.71. The Bertz CT molecular complexity index is 221. The smallest absolute Gasteiger partial charge is 0.222 e. The van der Waals surface area contributed by atoms with E-state index in [1.54, 1.807) is 0 Å². The standard InChI is InChI=1S/C9H15N3O/c10-5-6-12-8-4-2-1-3-7(8)9(11)13/h7-8,12H,1-4,6H2,(H2,11,13). The lowest BCUT2D eigenvalue weighted by Gasteiger charge is -2.29. The van der Waals surface area contributed by atoms with E-state index in [1.165, 1.54) is 0 Å². The molecule has 1 rings (SSSR count). The van der Waals surface area contributed by atoms with E-state index in [0.717, 1.165) is 25.7 Å². The van der Waals surface area contributed by atoms with E-state index >= 15 is 0 Å². The Morgan fingerprint density at radius 2 is 2.23 bits per heavy atom. The first-order valence-corrected chi connectivity index (χ1v) is 4.65. The molecule has 0 aromatic rings. The molecule has 1 saturated carbocycles. The van der Waals surface area contributed by atoms with Gasteiger partial charge in [-0.25, -0.2) is 0 Å². The second-order valence-corrected chi connectivity index (χ2v) is 3.44. The lowest BCUT2D eigenvalue weighted by Crippen LogP contribution is -2.44. The number of nitrogens with one attached hydrogen (secondary N) is 1. The van der Waals surface area contributed by atoms with Gasteiger partial charge in [-0.1, -0.05) is 12.8 Å². The maximum Gasteiger partial charge on any atom is 0.222 e. The molecule has 1 aliphatic carbocycles. The number of rotatable bonds is 3. The Morgan fingerprint density at radius 3 is 2.85 bits per heavy atom. The molecular formula is C9H15N3O. The molecule has 1 fully saturated rings. The zero-order chi connectivity index (χ0) is 9.68. The second-order valence-electron chi connectivity index (χ2n) is 3.44. The number of nitriles is 1. The van der Waals surface area contributed by atoms with Gasteiger partial charge in [0.25, 0.3) is 0 Å². The van der Waals surface area contributed by atoms with E-state index in [2.05, 4.69) is 5.32 Å². The van der Waals surface area contributed by atoms with Crippen LogP contribution in [-0.2, 0) is 4.79 Å². The zero-order valence-corrected chi connectivity index (χ0v) is 7.62. The summed E-state index contributed by atoms with van der Waals surface area (Å²) in [5.74, 6) is -0.322. The highest BCUT2D eigenvalue weighted by Crippen LogP contribution is 2.23. The van der Waals surface area contributed by atoms with Crippen LogP contribution in [0.25, 0.3) is 0 Å². The van der Waals surface area contributed by atoms with Crippen molar-refractivity contribution in [1.29, 1.82) is 5.26 Å². The Labute approximate surface area is 78.1 Å². The normalized spacial score (nSPS) is 27.9. The van der Waals surface area contributed by atoms with Crippen molar-refractivity contribution in [3.8, 4) is 6.07 Å². The van der Waals surface area contributed by atoms with Crippen LogP contribution in [0.15, 0.2) is 0 Å². The van der Waals surface area contributed by atoms with Gasteiger partial charge in [0.15, 0.2) is 0 Å². The van der Waals surface area contributed by atoms with E-state index in [4.69, 9.17) is 11.0 Å². The molecule has 0 aliphatic heterocycles. The van der Waals surface area contributed by atoms with Gasteiger partial charge < -0.3 is 11.1 Å². The van der Waals surface area contributed by atoms with Crippen LogP contribution in [0.3, 0.4) is 0 Å². The molecule has 0 bridgehead atoms. The zero-order valence-electron chi connectivity index (χ0n) is 7.62. The first-order valence-electron chi connectivity index (χ1n) is 4.65. The van der Waals surface area contributed by atoms with Gasteiger partial charge in [-0.3, -0.25) is 4.79 Å². The topological polar surface area (TPSA) is 78.9 Å². The van der Waals surface area contributed by atoms with E-state index in [0.29, 0.717) is 6.54 Å². The van der Waals surface area contributed by atoms with E-state index in [-0.39, 0.29) is 17.9 Å². The highest BCUT2D eigenvalue weighted by atomic mass is 16.1. The molecule has 0 radical (unpaired) electrons. The highest BCUT2D eigenvalue weighted by molar-refractivity contribution is 5.77. The van der Waals surface area contributed by atoms with Gasteiger partial charge in [-0.2, -0.15) is 5.26 Å². The van der Waals surface area contributed by atoms with Gasteiger partial charge in [-0.05, 0) is 12.8 Å². The molecule has 1 amide bonds. The van der Waals surface area contributed by atoms with Crippen molar-refractivity contribution < 1.29 is 4.79 Å². The SMILES string of the molecule is N#CCNC1CCCCC1C(N)=O. The molecule has 0 saturated heterocycles. The largest absolute Gasteiger partial charge is 0.369 e. The van der Waals surface area contributed by atoms with Crippen LogP contribution >= 0.6 is 0 Å². The van der Waals surface area contributed by atoms with Gasteiger partial charge in [0, 0.05) is 6.04 Å². The molecule has 0 heterocycles. The van der Waals surface area contributed by atoms with Crippen molar-refractivity contribution in [1.82, 2.24) is 5.32 Å². The van der Waals surface area contributed by atoms with Crippen molar-refractivity contribution in [2.45, 2.75) is 31.7 Å². The van der Waals surface area contributed by atoms with Gasteiger partial charge in [-0.15, -0.1) is 0 Å². The molecular weight excluding hydrogens is 166 g/mol. The van der Waals surface area contributed by atoms with Crippen molar-refractivity contribution >= 4 is 5.91 Å². The summed E-state index contributed by atoms with van der Waals surface area (Å²) in [5.41, 5.74) is 5.27. The molecule has 2 atom stereocenters. The predicted molar refractivity (Wildman–Crippen MR) is 48.6 cm³/mol. The molecule has 0 aromatic heterocycles. The molecule has 72 valence electrons.